The molecule has 0 bridgehead atoms. The van der Waals surface area contributed by atoms with E-state index in [1.165, 1.54) is 0 Å². The number of carbonyl (C=O) groups is 2. The molecule has 0 aliphatic carbocycles. The van der Waals surface area contributed by atoms with Crippen molar-refractivity contribution in [3.8, 4) is 0 Å². The molecule has 5 nitrogen and oxygen atoms in total. The number of hydrogen-bond acceptors (Lipinski definition) is 3. The third kappa shape index (κ3) is 6.57. The van der Waals surface area contributed by atoms with E-state index in [0.29, 0.717) is 25.2 Å². The minimum Gasteiger partial charge on any atom is -0.464 e. The summed E-state index contributed by atoms with van der Waals surface area (Å²) in [6.45, 7) is 7.25. The molecule has 6 heteroatoms. The predicted molar refractivity (Wildman–Crippen MR) is 129 cm³/mol. The van der Waals surface area contributed by atoms with E-state index < -0.39 is 0 Å². The first kappa shape index (κ1) is 23.8. The Labute approximate surface area is 198 Å². The molecule has 0 atom stereocenters. The zero-order valence-electron chi connectivity index (χ0n) is 18.8. The van der Waals surface area contributed by atoms with Crippen LogP contribution >= 0.6 is 15.9 Å². The van der Waals surface area contributed by atoms with Crippen molar-refractivity contribution in [2.24, 2.45) is 5.92 Å². The number of hydrogen-bond donors (Lipinski definition) is 0. The Balaban J connectivity index is 1.83. The van der Waals surface area contributed by atoms with E-state index >= 15 is 0 Å². The highest BCUT2D eigenvalue weighted by Crippen LogP contribution is 2.20. The average molecular weight is 497 g/mol. The smallest absolute Gasteiger partial charge is 0.255 e. The summed E-state index contributed by atoms with van der Waals surface area (Å²) < 4.78 is 6.44. The lowest BCUT2D eigenvalue weighted by molar-refractivity contribution is -0.133. The van der Waals surface area contributed by atoms with E-state index in [4.69, 9.17) is 4.42 Å². The quantitative estimate of drug-likeness (QED) is 0.383. The van der Waals surface area contributed by atoms with Crippen LogP contribution < -0.4 is 0 Å². The van der Waals surface area contributed by atoms with Gasteiger partial charge >= 0.3 is 0 Å². The van der Waals surface area contributed by atoms with Crippen molar-refractivity contribution in [3.05, 3.63) is 93.9 Å². The maximum atomic E-state index is 13.5. The highest BCUT2D eigenvalue weighted by atomic mass is 79.9. The number of carbonyl (C=O) groups excluding carboxylic acids is 2. The van der Waals surface area contributed by atoms with Crippen LogP contribution in [-0.2, 0) is 17.9 Å². The molecule has 0 fully saturated rings. The van der Waals surface area contributed by atoms with E-state index in [1.54, 1.807) is 15.9 Å². The number of furan rings is 1. The fourth-order valence-corrected chi connectivity index (χ4v) is 3.98. The Kier molecular flexibility index (Phi) is 8.28. The fourth-order valence-electron chi connectivity index (χ4n) is 3.52. The summed E-state index contributed by atoms with van der Waals surface area (Å²) in [6.07, 6.45) is 0. The van der Waals surface area contributed by atoms with Crippen molar-refractivity contribution in [1.82, 2.24) is 9.80 Å². The molecule has 1 heterocycles. The lowest BCUT2D eigenvalue weighted by Gasteiger charge is -2.29. The maximum Gasteiger partial charge on any atom is 0.255 e. The van der Waals surface area contributed by atoms with E-state index in [9.17, 15) is 9.59 Å². The van der Waals surface area contributed by atoms with Crippen LogP contribution in [0.1, 0.15) is 41.3 Å². The topological polar surface area (TPSA) is 53.8 Å². The van der Waals surface area contributed by atoms with Crippen LogP contribution in [0.5, 0.6) is 0 Å². The number of halogens is 1. The van der Waals surface area contributed by atoms with Crippen molar-refractivity contribution in [1.29, 1.82) is 0 Å². The second-order valence-corrected chi connectivity index (χ2v) is 9.16. The standard InChI is InChI=1S/C26H29BrN2O3/c1-19(2)15-29(26(31)23-11-7-8-12-24(23)27)18-25(30)28(16-21-9-5-4-6-10-21)17-22-14-13-20(3)32-22/h4-14,19H,15-18H2,1-3H3. The summed E-state index contributed by atoms with van der Waals surface area (Å²) in [5.41, 5.74) is 1.58. The largest absolute Gasteiger partial charge is 0.464 e. The predicted octanol–water partition coefficient (Wildman–Crippen LogP) is 5.68. The lowest BCUT2D eigenvalue weighted by Crippen LogP contribution is -2.44. The van der Waals surface area contributed by atoms with Crippen LogP contribution in [-0.4, -0.2) is 34.7 Å². The third-order valence-corrected chi connectivity index (χ3v) is 5.71. The molecule has 0 aliphatic rings. The number of amides is 2. The minimum atomic E-state index is -0.159. The Morgan fingerprint density at radius 2 is 1.59 bits per heavy atom. The van der Waals surface area contributed by atoms with Gasteiger partial charge in [0.05, 0.1) is 12.1 Å². The zero-order valence-corrected chi connectivity index (χ0v) is 20.3. The van der Waals surface area contributed by atoms with Crippen LogP contribution in [0.4, 0.5) is 0 Å². The molecule has 2 amide bonds. The van der Waals surface area contributed by atoms with Gasteiger partial charge in [0.2, 0.25) is 5.91 Å². The maximum absolute atomic E-state index is 13.5. The van der Waals surface area contributed by atoms with Crippen LogP contribution in [0.2, 0.25) is 0 Å². The Morgan fingerprint density at radius 1 is 0.906 bits per heavy atom. The molecule has 32 heavy (non-hydrogen) atoms. The number of rotatable bonds is 9. The van der Waals surface area contributed by atoms with Crippen LogP contribution in [0.25, 0.3) is 0 Å². The number of benzene rings is 2. The van der Waals surface area contributed by atoms with Gasteiger partial charge in [0.15, 0.2) is 0 Å². The summed E-state index contributed by atoms with van der Waals surface area (Å²) in [5.74, 6) is 1.47. The van der Waals surface area contributed by atoms with Crippen molar-refractivity contribution in [2.45, 2.75) is 33.9 Å². The molecule has 0 aliphatic heterocycles. The van der Waals surface area contributed by atoms with Gasteiger partial charge in [-0.05, 0) is 58.6 Å². The van der Waals surface area contributed by atoms with E-state index in [1.807, 2.05) is 81.4 Å². The van der Waals surface area contributed by atoms with Gasteiger partial charge in [-0.1, -0.05) is 56.3 Å². The summed E-state index contributed by atoms with van der Waals surface area (Å²) in [7, 11) is 0. The molecule has 0 spiro atoms. The molecule has 2 aromatic carbocycles. The number of aryl methyl sites for hydroxylation is 1. The lowest BCUT2D eigenvalue weighted by atomic mass is 10.1. The van der Waals surface area contributed by atoms with Crippen LogP contribution in [0.15, 0.2) is 75.6 Å². The molecule has 1 aromatic heterocycles. The minimum absolute atomic E-state index is 0.00483. The summed E-state index contributed by atoms with van der Waals surface area (Å²) >= 11 is 3.46. The van der Waals surface area contributed by atoms with Gasteiger partial charge in [0.25, 0.3) is 5.91 Å². The normalized spacial score (nSPS) is 10.9. The third-order valence-electron chi connectivity index (χ3n) is 5.01. The Bertz CT molecular complexity index is 1050. The molecule has 0 radical (unpaired) electrons. The molecule has 3 rings (SSSR count). The second-order valence-electron chi connectivity index (χ2n) is 8.31. The van der Waals surface area contributed by atoms with Gasteiger partial charge < -0.3 is 14.2 Å². The first-order chi connectivity index (χ1) is 15.3. The molecule has 0 saturated heterocycles. The molecule has 0 saturated carbocycles. The molecule has 168 valence electrons. The van der Waals surface area contributed by atoms with Crippen LogP contribution in [0, 0.1) is 12.8 Å². The van der Waals surface area contributed by atoms with Gasteiger partial charge in [0.1, 0.15) is 18.1 Å². The molecule has 0 N–H and O–H groups in total. The molecule has 0 unspecified atom stereocenters. The van der Waals surface area contributed by atoms with E-state index in [2.05, 4.69) is 15.9 Å². The zero-order chi connectivity index (χ0) is 23.1. The molecular formula is C26H29BrN2O3. The van der Waals surface area contributed by atoms with E-state index in [-0.39, 0.29) is 24.3 Å². The first-order valence-corrected chi connectivity index (χ1v) is 11.5. The number of nitrogens with zero attached hydrogens (tertiary/aromatic N) is 2. The molecule has 3 aromatic rings. The SMILES string of the molecule is Cc1ccc(CN(Cc2ccccc2)C(=O)CN(CC(C)C)C(=O)c2ccccc2Br)o1. The highest BCUT2D eigenvalue weighted by molar-refractivity contribution is 9.10. The Hall–Kier alpha value is -2.86. The van der Waals surface area contributed by atoms with Crippen molar-refractivity contribution in [3.63, 3.8) is 0 Å². The summed E-state index contributed by atoms with van der Waals surface area (Å²) in [6, 6.07) is 20.9. The summed E-state index contributed by atoms with van der Waals surface area (Å²) in [5, 5.41) is 0. The van der Waals surface area contributed by atoms with Crippen LogP contribution in [0.3, 0.4) is 0 Å². The fraction of sp³-hybridized carbons (Fsp3) is 0.308. The van der Waals surface area contributed by atoms with Gasteiger partial charge in [0, 0.05) is 17.6 Å². The van der Waals surface area contributed by atoms with Gasteiger partial charge in [-0.3, -0.25) is 9.59 Å². The van der Waals surface area contributed by atoms with Crippen molar-refractivity contribution >= 4 is 27.7 Å². The summed E-state index contributed by atoms with van der Waals surface area (Å²) in [4.78, 5) is 30.1. The van der Waals surface area contributed by atoms with Crippen molar-refractivity contribution in [2.75, 3.05) is 13.1 Å². The average Bonchev–Trinajstić information content (AvgIpc) is 3.17. The van der Waals surface area contributed by atoms with Gasteiger partial charge in [-0.2, -0.15) is 0 Å². The highest BCUT2D eigenvalue weighted by Gasteiger charge is 2.25. The molecular weight excluding hydrogens is 468 g/mol. The Morgan fingerprint density at radius 3 is 2.22 bits per heavy atom. The second kappa shape index (κ2) is 11.1. The van der Waals surface area contributed by atoms with Crippen molar-refractivity contribution < 1.29 is 14.0 Å². The first-order valence-electron chi connectivity index (χ1n) is 10.7. The van der Waals surface area contributed by atoms with Gasteiger partial charge in [-0.25, -0.2) is 0 Å². The van der Waals surface area contributed by atoms with E-state index in [0.717, 1.165) is 21.6 Å². The monoisotopic (exact) mass is 496 g/mol. The van der Waals surface area contributed by atoms with Gasteiger partial charge in [-0.15, -0.1) is 0 Å².